The number of hydrogen-bond acceptors (Lipinski definition) is 3. The van der Waals surface area contributed by atoms with E-state index in [1.807, 2.05) is 20.8 Å². The van der Waals surface area contributed by atoms with Crippen LogP contribution in [0.3, 0.4) is 0 Å². The molecule has 2 N–H and O–H groups in total. The smallest absolute Gasteiger partial charge is 0.331 e. The molecule has 1 rings (SSSR count). The van der Waals surface area contributed by atoms with E-state index in [0.717, 1.165) is 0 Å². The summed E-state index contributed by atoms with van der Waals surface area (Å²) in [7, 11) is 0. The van der Waals surface area contributed by atoms with Crippen LogP contribution in [0.4, 0.5) is 0 Å². The Morgan fingerprint density at radius 3 is 2.37 bits per heavy atom. The van der Waals surface area contributed by atoms with Crippen LogP contribution in [0.25, 0.3) is 0 Å². The summed E-state index contributed by atoms with van der Waals surface area (Å²) in [5.74, 6) is -2.89. The van der Waals surface area contributed by atoms with Gasteiger partial charge >= 0.3 is 11.9 Å². The van der Waals surface area contributed by atoms with E-state index in [4.69, 9.17) is 4.74 Å². The first kappa shape index (κ1) is 15.4. The van der Waals surface area contributed by atoms with Crippen LogP contribution in [0.15, 0.2) is 23.8 Å². The topological polar surface area (TPSA) is 83.8 Å². The van der Waals surface area contributed by atoms with Gasteiger partial charge in [-0.05, 0) is 27.7 Å². The van der Waals surface area contributed by atoms with Crippen molar-refractivity contribution in [2.24, 2.45) is 11.3 Å². The third-order valence-electron chi connectivity index (χ3n) is 3.21. The van der Waals surface area contributed by atoms with Gasteiger partial charge in [-0.25, -0.2) is 4.79 Å². The van der Waals surface area contributed by atoms with Crippen molar-refractivity contribution in [3.05, 3.63) is 23.8 Å². The molecule has 0 bridgehead atoms. The van der Waals surface area contributed by atoms with Gasteiger partial charge in [0.1, 0.15) is 0 Å². The maximum Gasteiger partial charge on any atom is 0.331 e. The average Bonchev–Trinajstić information content (AvgIpc) is 2.25. The Morgan fingerprint density at radius 1 is 1.37 bits per heavy atom. The minimum Gasteiger partial charge on any atom is -0.481 e. The summed E-state index contributed by atoms with van der Waals surface area (Å²) >= 11 is 0. The second-order valence-electron chi connectivity index (χ2n) is 5.85. The molecule has 0 aromatic heterocycles. The molecule has 0 saturated heterocycles. The van der Waals surface area contributed by atoms with E-state index in [1.54, 1.807) is 0 Å². The molecule has 106 valence electrons. The highest BCUT2D eigenvalue weighted by atomic mass is 16.5. The molecule has 1 aliphatic carbocycles. The zero-order valence-corrected chi connectivity index (χ0v) is 11.6. The zero-order valence-electron chi connectivity index (χ0n) is 11.6. The monoisotopic (exact) mass is 268 g/mol. The number of hydrogen-bond donors (Lipinski definition) is 2. The Hall–Kier alpha value is -1.62. The summed E-state index contributed by atoms with van der Waals surface area (Å²) in [5, 5.41) is 18.6. The van der Waals surface area contributed by atoms with E-state index in [-0.39, 0.29) is 12.2 Å². The van der Waals surface area contributed by atoms with Crippen LogP contribution in [0, 0.1) is 11.3 Å². The highest BCUT2D eigenvalue weighted by molar-refractivity contribution is 5.91. The molecule has 2 atom stereocenters. The van der Waals surface area contributed by atoms with Crippen LogP contribution in [0.5, 0.6) is 0 Å². The molecule has 0 radical (unpaired) electrons. The molecule has 0 aliphatic heterocycles. The lowest BCUT2D eigenvalue weighted by molar-refractivity contribution is -0.150. The summed E-state index contributed by atoms with van der Waals surface area (Å²) in [6.07, 6.45) is 4.42. The molecule has 2 unspecified atom stereocenters. The molecular formula is C14H20O5. The average molecular weight is 268 g/mol. The number of allylic oxidation sites excluding steroid dienone is 2. The summed E-state index contributed by atoms with van der Waals surface area (Å²) < 4.78 is 5.59. The molecule has 5 heteroatoms. The van der Waals surface area contributed by atoms with Crippen molar-refractivity contribution < 1.29 is 24.5 Å². The minimum absolute atomic E-state index is 0.0504. The summed E-state index contributed by atoms with van der Waals surface area (Å²) in [5.41, 5.74) is -1.66. The fraction of sp³-hybridized carbons (Fsp3) is 0.571. The van der Waals surface area contributed by atoms with Crippen LogP contribution in [-0.2, 0) is 14.3 Å². The van der Waals surface area contributed by atoms with Gasteiger partial charge < -0.3 is 14.9 Å². The molecular weight excluding hydrogens is 248 g/mol. The zero-order chi connectivity index (χ0) is 14.8. The summed E-state index contributed by atoms with van der Waals surface area (Å²) in [6.45, 7) is 7.09. The van der Waals surface area contributed by atoms with Crippen molar-refractivity contribution in [2.45, 2.75) is 33.3 Å². The van der Waals surface area contributed by atoms with Crippen molar-refractivity contribution in [1.29, 1.82) is 0 Å². The van der Waals surface area contributed by atoms with Crippen LogP contribution < -0.4 is 0 Å². The fourth-order valence-electron chi connectivity index (χ4n) is 1.94. The van der Waals surface area contributed by atoms with Crippen molar-refractivity contribution in [2.75, 3.05) is 6.61 Å². The first-order valence-corrected chi connectivity index (χ1v) is 6.08. The summed E-state index contributed by atoms with van der Waals surface area (Å²) in [4.78, 5) is 22.7. The molecule has 0 aromatic carbocycles. The second kappa shape index (κ2) is 5.17. The van der Waals surface area contributed by atoms with Gasteiger partial charge in [-0.15, -0.1) is 0 Å². The van der Waals surface area contributed by atoms with Crippen LogP contribution in [-0.4, -0.2) is 34.4 Å². The Bertz CT molecular complexity index is 441. The highest BCUT2D eigenvalue weighted by Gasteiger charge is 2.45. The lowest BCUT2D eigenvalue weighted by Gasteiger charge is -2.35. The number of carboxylic acid groups (broad SMARTS) is 2. The quantitative estimate of drug-likeness (QED) is 0.815. The Kier molecular flexibility index (Phi) is 4.20. The molecule has 0 aromatic rings. The molecule has 5 nitrogen and oxygen atoms in total. The first-order chi connectivity index (χ1) is 8.58. The fourth-order valence-corrected chi connectivity index (χ4v) is 1.94. The number of carbonyl (C=O) groups is 2. The van der Waals surface area contributed by atoms with E-state index in [0.29, 0.717) is 0 Å². The Balaban J connectivity index is 3.08. The molecule has 0 heterocycles. The highest BCUT2D eigenvalue weighted by Crippen LogP contribution is 2.38. The summed E-state index contributed by atoms with van der Waals surface area (Å²) in [6, 6.07) is 0. The van der Waals surface area contributed by atoms with Crippen molar-refractivity contribution in [3.8, 4) is 0 Å². The van der Waals surface area contributed by atoms with Crippen molar-refractivity contribution in [3.63, 3.8) is 0 Å². The van der Waals surface area contributed by atoms with E-state index in [1.165, 1.54) is 25.2 Å². The third kappa shape index (κ3) is 3.44. The van der Waals surface area contributed by atoms with Gasteiger partial charge in [-0.1, -0.05) is 18.2 Å². The predicted octanol–water partition coefficient (Wildman–Crippen LogP) is 2.09. The maximum absolute atomic E-state index is 11.5. The van der Waals surface area contributed by atoms with Crippen LogP contribution in [0.1, 0.15) is 27.7 Å². The number of rotatable bonds is 4. The van der Waals surface area contributed by atoms with Crippen LogP contribution in [0.2, 0.25) is 0 Å². The lowest BCUT2D eigenvalue weighted by Crippen LogP contribution is -2.42. The minimum atomic E-state index is -1.27. The van der Waals surface area contributed by atoms with E-state index in [9.17, 15) is 19.8 Å². The normalized spacial score (nSPS) is 26.9. The van der Waals surface area contributed by atoms with Crippen LogP contribution >= 0.6 is 0 Å². The molecule has 0 saturated carbocycles. The van der Waals surface area contributed by atoms with Gasteiger partial charge in [-0.2, -0.15) is 0 Å². The van der Waals surface area contributed by atoms with E-state index < -0.39 is 28.9 Å². The van der Waals surface area contributed by atoms with Gasteiger partial charge in [0.2, 0.25) is 0 Å². The van der Waals surface area contributed by atoms with Gasteiger partial charge in [0.15, 0.2) is 0 Å². The molecule has 0 spiro atoms. The standard InChI is InChI=1S/C14H20O5/c1-13(2,3)19-8-10-9(11(15)16)6-5-7-14(10,4)12(17)18/h5-7,10H,8H2,1-4H3,(H,15,16)(H,17,18). The SMILES string of the molecule is CC(C)(C)OCC1C(C(=O)O)=CC=CC1(C)C(=O)O. The molecule has 0 amide bonds. The molecule has 0 fully saturated rings. The number of aliphatic carboxylic acids is 2. The predicted molar refractivity (Wildman–Crippen MR) is 69.8 cm³/mol. The third-order valence-corrected chi connectivity index (χ3v) is 3.21. The Morgan fingerprint density at radius 2 is 1.95 bits per heavy atom. The van der Waals surface area contributed by atoms with Crippen molar-refractivity contribution in [1.82, 2.24) is 0 Å². The largest absolute Gasteiger partial charge is 0.481 e. The van der Waals surface area contributed by atoms with Gasteiger partial charge in [-0.3, -0.25) is 4.79 Å². The Labute approximate surface area is 112 Å². The first-order valence-electron chi connectivity index (χ1n) is 6.08. The van der Waals surface area contributed by atoms with E-state index >= 15 is 0 Å². The maximum atomic E-state index is 11.5. The lowest BCUT2D eigenvalue weighted by atomic mass is 9.70. The molecule has 1 aliphatic rings. The molecule has 19 heavy (non-hydrogen) atoms. The number of ether oxygens (including phenoxy) is 1. The van der Waals surface area contributed by atoms with Gasteiger partial charge in [0.05, 0.1) is 17.6 Å². The van der Waals surface area contributed by atoms with Gasteiger partial charge in [0, 0.05) is 11.5 Å². The van der Waals surface area contributed by atoms with Gasteiger partial charge in [0.25, 0.3) is 0 Å². The number of carboxylic acids is 2. The van der Waals surface area contributed by atoms with E-state index in [2.05, 4.69) is 0 Å². The van der Waals surface area contributed by atoms with Crippen molar-refractivity contribution >= 4 is 11.9 Å². The second-order valence-corrected chi connectivity index (χ2v) is 5.85.